The summed E-state index contributed by atoms with van der Waals surface area (Å²) in [5, 5.41) is 14.8. The number of para-hydroxylation sites is 2. The summed E-state index contributed by atoms with van der Waals surface area (Å²) in [6.45, 7) is 0. The number of rotatable bonds is 4. The standard InChI is InChI=1S/C30H22N2/c1-4-14-24-21(10-1)13-9-19-27(24)31-28-17-7-8-18-29(28)32-30-25-15-5-2-11-22(25)20-23-12-3-6-16-26(23)30/h1-20,31-32H. The molecule has 0 saturated heterocycles. The number of benzene rings is 6. The van der Waals surface area contributed by atoms with E-state index in [9.17, 15) is 0 Å². The third-order valence-corrected chi connectivity index (χ3v) is 6.02. The minimum atomic E-state index is 1.04. The van der Waals surface area contributed by atoms with Gasteiger partial charge in [-0.1, -0.05) is 97.1 Å². The molecule has 0 bridgehead atoms. The van der Waals surface area contributed by atoms with Gasteiger partial charge in [0.05, 0.1) is 17.1 Å². The molecule has 0 radical (unpaired) electrons. The van der Waals surface area contributed by atoms with Crippen molar-refractivity contribution < 1.29 is 0 Å². The fraction of sp³-hybridized carbons (Fsp3) is 0. The predicted molar refractivity (Wildman–Crippen MR) is 138 cm³/mol. The lowest BCUT2D eigenvalue weighted by atomic mass is 10.0. The smallest absolute Gasteiger partial charge is 0.0623 e. The van der Waals surface area contributed by atoms with Crippen molar-refractivity contribution in [2.24, 2.45) is 0 Å². The molecule has 0 spiro atoms. The minimum absolute atomic E-state index is 1.04. The van der Waals surface area contributed by atoms with E-state index in [1.807, 2.05) is 0 Å². The van der Waals surface area contributed by atoms with Crippen molar-refractivity contribution in [3.8, 4) is 0 Å². The Morgan fingerprint density at radius 2 is 0.812 bits per heavy atom. The van der Waals surface area contributed by atoms with Crippen molar-refractivity contribution in [2.45, 2.75) is 0 Å². The summed E-state index contributed by atoms with van der Waals surface area (Å²) < 4.78 is 0. The molecule has 32 heavy (non-hydrogen) atoms. The topological polar surface area (TPSA) is 24.1 Å². The molecule has 2 nitrogen and oxygen atoms in total. The van der Waals surface area contributed by atoms with E-state index >= 15 is 0 Å². The van der Waals surface area contributed by atoms with Crippen LogP contribution in [-0.2, 0) is 0 Å². The van der Waals surface area contributed by atoms with Gasteiger partial charge in [0, 0.05) is 21.8 Å². The molecule has 2 N–H and O–H groups in total. The molecule has 0 atom stereocenters. The second kappa shape index (κ2) is 7.75. The highest BCUT2D eigenvalue weighted by atomic mass is 15.0. The summed E-state index contributed by atoms with van der Waals surface area (Å²) in [4.78, 5) is 0. The van der Waals surface area contributed by atoms with Crippen LogP contribution in [0.15, 0.2) is 121 Å². The third-order valence-electron chi connectivity index (χ3n) is 6.02. The second-order valence-electron chi connectivity index (χ2n) is 8.02. The van der Waals surface area contributed by atoms with Crippen molar-refractivity contribution >= 4 is 55.1 Å². The van der Waals surface area contributed by atoms with Crippen LogP contribution in [0.4, 0.5) is 22.7 Å². The molecule has 152 valence electrons. The summed E-state index contributed by atoms with van der Waals surface area (Å²) in [6, 6.07) is 42.6. The molecular formula is C30H22N2. The average Bonchev–Trinajstić information content (AvgIpc) is 2.85. The number of nitrogens with one attached hydrogen (secondary N) is 2. The number of hydrogen-bond donors (Lipinski definition) is 2. The summed E-state index contributed by atoms with van der Waals surface area (Å²) in [5.74, 6) is 0. The monoisotopic (exact) mass is 410 g/mol. The van der Waals surface area contributed by atoms with Gasteiger partial charge >= 0.3 is 0 Å². The molecule has 0 unspecified atom stereocenters. The average molecular weight is 411 g/mol. The maximum absolute atomic E-state index is 3.76. The number of hydrogen-bond acceptors (Lipinski definition) is 2. The van der Waals surface area contributed by atoms with Crippen LogP contribution in [-0.4, -0.2) is 0 Å². The lowest BCUT2D eigenvalue weighted by Crippen LogP contribution is -1.99. The molecule has 0 aliphatic rings. The van der Waals surface area contributed by atoms with Crippen molar-refractivity contribution in [3.63, 3.8) is 0 Å². The van der Waals surface area contributed by atoms with Crippen LogP contribution >= 0.6 is 0 Å². The molecule has 0 heterocycles. The van der Waals surface area contributed by atoms with Gasteiger partial charge in [-0.2, -0.15) is 0 Å². The molecule has 2 heteroatoms. The molecule has 6 aromatic carbocycles. The minimum Gasteiger partial charge on any atom is -0.353 e. The quantitative estimate of drug-likeness (QED) is 0.284. The van der Waals surface area contributed by atoms with Crippen LogP contribution in [0.2, 0.25) is 0 Å². The summed E-state index contributed by atoms with van der Waals surface area (Å²) in [7, 11) is 0. The molecule has 0 fully saturated rings. The lowest BCUT2D eigenvalue weighted by molar-refractivity contribution is 1.53. The van der Waals surface area contributed by atoms with Gasteiger partial charge in [-0.3, -0.25) is 0 Å². The van der Waals surface area contributed by atoms with Gasteiger partial charge in [-0.25, -0.2) is 0 Å². The molecule has 0 aliphatic heterocycles. The highest BCUT2D eigenvalue weighted by Crippen LogP contribution is 2.37. The van der Waals surface area contributed by atoms with Crippen LogP contribution < -0.4 is 10.6 Å². The Bertz CT molecular complexity index is 1520. The Hall–Kier alpha value is -4.30. The highest BCUT2D eigenvalue weighted by molar-refractivity contribution is 6.12. The number of anilines is 4. The number of fused-ring (bicyclic) bond motifs is 3. The van der Waals surface area contributed by atoms with E-state index in [-0.39, 0.29) is 0 Å². The van der Waals surface area contributed by atoms with Crippen LogP contribution in [0, 0.1) is 0 Å². The van der Waals surface area contributed by atoms with Gasteiger partial charge in [0.15, 0.2) is 0 Å². The van der Waals surface area contributed by atoms with Crippen LogP contribution in [0.3, 0.4) is 0 Å². The zero-order valence-electron chi connectivity index (χ0n) is 17.5. The van der Waals surface area contributed by atoms with Crippen LogP contribution in [0.5, 0.6) is 0 Å². The molecular weight excluding hydrogens is 388 g/mol. The van der Waals surface area contributed by atoms with Gasteiger partial charge < -0.3 is 10.6 Å². The van der Waals surface area contributed by atoms with E-state index in [1.165, 1.54) is 32.3 Å². The first kappa shape index (κ1) is 18.5. The zero-order valence-corrected chi connectivity index (χ0v) is 17.5. The highest BCUT2D eigenvalue weighted by Gasteiger charge is 2.11. The molecule has 0 aliphatic carbocycles. The van der Waals surface area contributed by atoms with Crippen molar-refractivity contribution in [1.82, 2.24) is 0 Å². The Kier molecular flexibility index (Phi) is 4.47. The summed E-state index contributed by atoms with van der Waals surface area (Å²) >= 11 is 0. The first-order valence-corrected chi connectivity index (χ1v) is 10.9. The summed E-state index contributed by atoms with van der Waals surface area (Å²) in [5.41, 5.74) is 4.31. The van der Waals surface area contributed by atoms with Crippen molar-refractivity contribution in [1.29, 1.82) is 0 Å². The van der Waals surface area contributed by atoms with Crippen LogP contribution in [0.25, 0.3) is 32.3 Å². The summed E-state index contributed by atoms with van der Waals surface area (Å²) in [6.07, 6.45) is 0. The Morgan fingerprint density at radius 1 is 0.344 bits per heavy atom. The second-order valence-corrected chi connectivity index (χ2v) is 8.02. The largest absolute Gasteiger partial charge is 0.353 e. The molecule has 0 aromatic heterocycles. The normalized spacial score (nSPS) is 11.1. The van der Waals surface area contributed by atoms with Gasteiger partial charge in [0.25, 0.3) is 0 Å². The fourth-order valence-electron chi connectivity index (χ4n) is 4.46. The maximum atomic E-state index is 3.76. The SMILES string of the molecule is c1ccc(Nc2c3ccccc3cc3ccccc23)c(Nc2cccc3ccccc23)c1. The van der Waals surface area contributed by atoms with Gasteiger partial charge in [0.1, 0.15) is 0 Å². The Morgan fingerprint density at radius 3 is 1.50 bits per heavy atom. The van der Waals surface area contributed by atoms with E-state index in [2.05, 4.69) is 132 Å². The molecule has 0 saturated carbocycles. The third kappa shape index (κ3) is 3.23. The first-order chi connectivity index (χ1) is 15.9. The van der Waals surface area contributed by atoms with E-state index in [0.717, 1.165) is 22.7 Å². The Labute approximate surface area is 187 Å². The molecule has 6 rings (SSSR count). The Balaban J connectivity index is 1.48. The maximum Gasteiger partial charge on any atom is 0.0623 e. The molecule has 0 amide bonds. The van der Waals surface area contributed by atoms with Gasteiger partial charge in [-0.05, 0) is 40.4 Å². The van der Waals surface area contributed by atoms with E-state index in [0.29, 0.717) is 0 Å². The van der Waals surface area contributed by atoms with Crippen molar-refractivity contribution in [3.05, 3.63) is 121 Å². The first-order valence-electron chi connectivity index (χ1n) is 10.9. The van der Waals surface area contributed by atoms with Crippen molar-refractivity contribution in [2.75, 3.05) is 10.6 Å². The predicted octanol–water partition coefficient (Wildman–Crippen LogP) is 8.63. The van der Waals surface area contributed by atoms with Crippen LogP contribution in [0.1, 0.15) is 0 Å². The zero-order chi connectivity index (χ0) is 21.3. The lowest BCUT2D eigenvalue weighted by Gasteiger charge is -2.18. The van der Waals surface area contributed by atoms with Gasteiger partial charge in [0.2, 0.25) is 0 Å². The van der Waals surface area contributed by atoms with Gasteiger partial charge in [-0.15, -0.1) is 0 Å². The van der Waals surface area contributed by atoms with E-state index < -0.39 is 0 Å². The molecule has 6 aromatic rings. The van der Waals surface area contributed by atoms with E-state index in [4.69, 9.17) is 0 Å². The van der Waals surface area contributed by atoms with E-state index in [1.54, 1.807) is 0 Å². The fourth-order valence-corrected chi connectivity index (χ4v) is 4.46.